The smallest absolute Gasteiger partial charge is 0.298 e. The molecule has 20 heteroatoms. The van der Waals surface area contributed by atoms with Crippen LogP contribution in [0, 0.1) is 23.7 Å². The summed E-state index contributed by atoms with van der Waals surface area (Å²) >= 11 is 0. The Morgan fingerprint density at radius 2 is 0.917 bits per heavy atom. The Hall–Kier alpha value is -7.46. The molecule has 96 heavy (non-hydrogen) atoms. The zero-order valence-corrected chi connectivity index (χ0v) is 57.9. The van der Waals surface area contributed by atoms with Crippen LogP contribution in [-0.4, -0.2) is 135 Å². The van der Waals surface area contributed by atoms with Crippen LogP contribution in [-0.2, 0) is 51.0 Å². The van der Waals surface area contributed by atoms with E-state index in [1.54, 1.807) is 50.3 Å². The standard InChI is InChI=1S/2C38H46O10/c2*1-20(2)10-9-13-36(8)14-12-23-29(41)28-30(42)25-16-22-17-26-35(6,7)48-37(33(22)43,15-11-21(3)45-19-39)38(25,26)47-32(28)24(31(23)46-36)18-27(40)34(4,5)44/h2*10-12,14,16,19,22,26-27,40-41,44H,9,13,15,17-18H2,1-8H3/b2*21-11-/t22-,26?,27?,36+,37-,38-;22-,26?,27?,36-,37-,38-/m11/s1. The fourth-order valence-electron chi connectivity index (χ4n) is 16.7. The number of benzene rings is 2. The van der Waals surface area contributed by atoms with Crippen molar-refractivity contribution >= 4 is 48.2 Å². The van der Waals surface area contributed by atoms with Gasteiger partial charge in [-0.1, -0.05) is 35.5 Å². The molecule has 2 saturated heterocycles. The molecule has 2 aromatic rings. The summed E-state index contributed by atoms with van der Waals surface area (Å²) in [7, 11) is 0. The number of phenols is 2. The molecule has 6 aliphatic heterocycles. The summed E-state index contributed by atoms with van der Waals surface area (Å²) in [4.78, 5) is 80.5. The van der Waals surface area contributed by atoms with E-state index in [1.807, 2.05) is 81.4 Å². The molecule has 2 aromatic carbocycles. The number of ether oxygens (including phenoxy) is 8. The SMILES string of the molecule is CC(C)=CCC[C@@]1(C)C=Cc2c(O)c3c(c(CC(O)C(C)(C)O)c2O1)O[C@]12C(=C[C@@H]4CC1C(C)(C)O[C@]2(C/C=C(/C)OC=O)C4=O)C3=O.CC(C)=CCC[C@]1(C)C=Cc2c(O)c3c(c(CC(O)C(C)(C)O)c2O1)O[C@]12C(=C[C@@H]4CC1C(C)(C)O[C@]2(C/C=C(/C)OC=O)C4=O)C3=O. The summed E-state index contributed by atoms with van der Waals surface area (Å²) in [5, 5.41) is 67.9. The van der Waals surface area contributed by atoms with E-state index >= 15 is 0 Å². The molecule has 20 nitrogen and oxygen atoms in total. The predicted octanol–water partition coefficient (Wildman–Crippen LogP) is 10.9. The highest BCUT2D eigenvalue weighted by molar-refractivity contribution is 6.20. The fraction of sp³-hybridized carbons (Fsp3) is 0.553. The largest absolute Gasteiger partial charge is 0.506 e. The molecule has 2 spiro atoms. The third-order valence-electron chi connectivity index (χ3n) is 21.7. The fourth-order valence-corrected chi connectivity index (χ4v) is 16.7. The van der Waals surface area contributed by atoms with Crippen molar-refractivity contribution in [2.45, 2.75) is 243 Å². The van der Waals surface area contributed by atoms with Gasteiger partial charge in [0, 0.05) is 71.6 Å². The Kier molecular flexibility index (Phi) is 17.2. The van der Waals surface area contributed by atoms with E-state index in [1.165, 1.54) is 38.8 Å². The summed E-state index contributed by atoms with van der Waals surface area (Å²) < 4.78 is 51.0. The molecule has 0 aromatic heterocycles. The number of carbonyl (C=O) groups excluding carboxylic acids is 6. The molecule has 12 aliphatic rings. The molecular formula is C76H92O20. The van der Waals surface area contributed by atoms with Gasteiger partial charge in [0.05, 0.1) is 45.7 Å². The zero-order valence-electron chi connectivity index (χ0n) is 57.9. The molecule has 6 heterocycles. The maximum Gasteiger partial charge on any atom is 0.298 e. The number of fused-ring (bicyclic) bond motifs is 4. The van der Waals surface area contributed by atoms with Crippen molar-refractivity contribution < 1.29 is 97.3 Å². The summed E-state index contributed by atoms with van der Waals surface area (Å²) in [6, 6.07) is 0. The van der Waals surface area contributed by atoms with Gasteiger partial charge >= 0.3 is 0 Å². The first-order valence-electron chi connectivity index (χ1n) is 33.3. The van der Waals surface area contributed by atoms with Gasteiger partial charge in [0.1, 0.15) is 68.3 Å². The third kappa shape index (κ3) is 10.8. The minimum Gasteiger partial charge on any atom is -0.506 e. The van der Waals surface area contributed by atoms with Gasteiger partial charge in [-0.25, -0.2) is 0 Å². The molecule has 2 saturated carbocycles. The number of phenolic OH excluding ortho intramolecular Hbond substituents is 2. The highest BCUT2D eigenvalue weighted by Gasteiger charge is 2.83. The second-order valence-corrected chi connectivity index (χ2v) is 31.0. The number of allylic oxidation sites excluding steroid dienone is 8. The lowest BCUT2D eigenvalue weighted by Crippen LogP contribution is -2.72. The van der Waals surface area contributed by atoms with Crippen molar-refractivity contribution in [1.82, 2.24) is 0 Å². The molecule has 14 rings (SSSR count). The predicted molar refractivity (Wildman–Crippen MR) is 353 cm³/mol. The maximum absolute atomic E-state index is 14.8. The zero-order chi connectivity index (χ0) is 70.4. The first-order chi connectivity index (χ1) is 44.6. The summed E-state index contributed by atoms with van der Waals surface area (Å²) in [6.45, 7) is 29.1. The Labute approximate surface area is 560 Å². The van der Waals surface area contributed by atoms with Crippen molar-refractivity contribution in [2.24, 2.45) is 23.7 Å². The third-order valence-corrected chi connectivity index (χ3v) is 21.7. The average Bonchev–Trinajstić information content (AvgIpc) is 1.43. The van der Waals surface area contributed by atoms with Gasteiger partial charge in [-0.3, -0.25) is 28.8 Å². The quantitative estimate of drug-likeness (QED) is 0.0408. The molecule has 4 fully saturated rings. The van der Waals surface area contributed by atoms with Crippen LogP contribution < -0.4 is 18.9 Å². The van der Waals surface area contributed by atoms with Crippen molar-refractivity contribution in [2.75, 3.05) is 0 Å². The molecule has 8 bridgehead atoms. The van der Waals surface area contributed by atoms with Crippen LogP contribution in [0.2, 0.25) is 0 Å². The summed E-state index contributed by atoms with van der Waals surface area (Å²) in [5.41, 5.74) is -9.26. The molecule has 6 N–H and O–H groups in total. The topological polar surface area (TPSA) is 298 Å². The number of carbonyl (C=O) groups is 6. The highest BCUT2D eigenvalue weighted by atomic mass is 16.6. The van der Waals surface area contributed by atoms with E-state index < -0.39 is 103 Å². The normalized spacial score (nSPS) is 31.5. The minimum absolute atomic E-state index is 0.00711. The van der Waals surface area contributed by atoms with Crippen molar-refractivity contribution in [3.05, 3.63) is 116 Å². The molecule has 12 atom stereocenters. The van der Waals surface area contributed by atoms with Gasteiger partial charge in [0.2, 0.25) is 0 Å². The number of ketones is 4. The number of aromatic hydroxyl groups is 2. The lowest BCUT2D eigenvalue weighted by molar-refractivity contribution is -0.172. The Morgan fingerprint density at radius 3 is 1.24 bits per heavy atom. The van der Waals surface area contributed by atoms with Crippen molar-refractivity contribution in [3.8, 4) is 34.5 Å². The van der Waals surface area contributed by atoms with Crippen LogP contribution in [0.15, 0.2) is 82.4 Å². The summed E-state index contributed by atoms with van der Waals surface area (Å²) in [5.74, 6) is -3.31. The van der Waals surface area contributed by atoms with Crippen LogP contribution in [0.25, 0.3) is 12.2 Å². The molecule has 0 amide bonds. The lowest BCUT2D eigenvalue weighted by atomic mass is 9.51. The average molecular weight is 1330 g/mol. The Morgan fingerprint density at radius 1 is 0.562 bits per heavy atom. The second kappa shape index (κ2) is 23.6. The first kappa shape index (κ1) is 69.9. The van der Waals surface area contributed by atoms with Crippen molar-refractivity contribution in [1.29, 1.82) is 0 Å². The van der Waals surface area contributed by atoms with E-state index in [9.17, 15) is 59.4 Å². The van der Waals surface area contributed by atoms with Gasteiger partial charge in [-0.15, -0.1) is 0 Å². The monoisotopic (exact) mass is 1320 g/mol. The molecule has 6 aliphatic carbocycles. The van der Waals surface area contributed by atoms with E-state index in [4.69, 9.17) is 37.9 Å². The Bertz CT molecular complexity index is 3690. The number of rotatable bonds is 20. The van der Waals surface area contributed by atoms with E-state index in [-0.39, 0.29) is 117 Å². The number of aliphatic hydroxyl groups is 4. The number of hydrogen-bond donors (Lipinski definition) is 6. The number of hydrogen-bond acceptors (Lipinski definition) is 20. The van der Waals surface area contributed by atoms with Crippen LogP contribution >= 0.6 is 0 Å². The summed E-state index contributed by atoms with van der Waals surface area (Å²) in [6.07, 6.45) is 18.2. The molecule has 0 radical (unpaired) electrons. The molecular weight excluding hydrogens is 1230 g/mol. The maximum atomic E-state index is 14.8. The van der Waals surface area contributed by atoms with Gasteiger partial charge in [-0.05, 0) is 186 Å². The first-order valence-corrected chi connectivity index (χ1v) is 33.3. The minimum atomic E-state index is -1.66. The highest BCUT2D eigenvalue weighted by Crippen LogP contribution is 2.71. The van der Waals surface area contributed by atoms with Crippen LogP contribution in [0.5, 0.6) is 34.5 Å². The van der Waals surface area contributed by atoms with E-state index in [2.05, 4.69) is 12.2 Å². The van der Waals surface area contributed by atoms with Gasteiger partial charge in [0.15, 0.2) is 45.5 Å². The van der Waals surface area contributed by atoms with Crippen molar-refractivity contribution in [3.63, 3.8) is 0 Å². The van der Waals surface area contributed by atoms with Gasteiger partial charge < -0.3 is 68.5 Å². The van der Waals surface area contributed by atoms with Crippen LogP contribution in [0.3, 0.4) is 0 Å². The van der Waals surface area contributed by atoms with Gasteiger partial charge in [0.25, 0.3) is 12.9 Å². The van der Waals surface area contributed by atoms with Gasteiger partial charge in [-0.2, -0.15) is 0 Å². The van der Waals surface area contributed by atoms with Crippen LogP contribution in [0.4, 0.5) is 0 Å². The Balaban J connectivity index is 0.000000195. The second-order valence-electron chi connectivity index (χ2n) is 31.0. The number of Topliss-reactive ketones (excluding diaryl/α,β-unsaturated/α-hetero) is 4. The lowest BCUT2D eigenvalue weighted by Gasteiger charge is -2.56. The van der Waals surface area contributed by atoms with E-state index in [0.717, 1.165) is 12.8 Å². The molecule has 516 valence electrons. The van der Waals surface area contributed by atoms with E-state index in [0.29, 0.717) is 49.8 Å². The van der Waals surface area contributed by atoms with Crippen LogP contribution in [0.1, 0.15) is 205 Å². The molecule has 4 unspecified atom stereocenters. The number of aliphatic hydroxyl groups excluding tert-OH is 2.